The lowest BCUT2D eigenvalue weighted by Gasteiger charge is -2.08. The van der Waals surface area contributed by atoms with Crippen LogP contribution in [0.2, 0.25) is 0 Å². The predicted molar refractivity (Wildman–Crippen MR) is 49.1 cm³/mol. The molecule has 1 unspecified atom stereocenters. The number of nitrogens with one attached hydrogen (secondary N) is 1. The van der Waals surface area contributed by atoms with Crippen LogP contribution in [0.4, 0.5) is 4.79 Å². The van der Waals surface area contributed by atoms with Crippen LogP contribution in [0.1, 0.15) is 20.3 Å². The number of rotatable bonds is 3. The molecule has 72 valence electrons. The van der Waals surface area contributed by atoms with Crippen LogP contribution < -0.4 is 5.32 Å². The SMILES string of the molecule is CCC=CCN1C(=O)NC(C)C1=O. The maximum atomic E-state index is 11.3. The van der Waals surface area contributed by atoms with Crippen LogP contribution in [0, 0.1) is 0 Å². The number of nitrogens with zero attached hydrogens (tertiary/aromatic N) is 1. The fraction of sp³-hybridized carbons (Fsp3) is 0.556. The van der Waals surface area contributed by atoms with Crippen molar-refractivity contribution < 1.29 is 9.59 Å². The zero-order valence-electron chi connectivity index (χ0n) is 7.91. The monoisotopic (exact) mass is 182 g/mol. The zero-order chi connectivity index (χ0) is 9.84. The normalized spacial score (nSPS) is 22.9. The molecular formula is C9H14N2O2. The molecule has 0 aliphatic carbocycles. The van der Waals surface area contributed by atoms with E-state index in [2.05, 4.69) is 5.32 Å². The first-order chi connectivity index (χ1) is 6.16. The van der Waals surface area contributed by atoms with Gasteiger partial charge in [-0.1, -0.05) is 19.1 Å². The summed E-state index contributed by atoms with van der Waals surface area (Å²) in [5.74, 6) is -0.147. The lowest BCUT2D eigenvalue weighted by Crippen LogP contribution is -2.31. The Morgan fingerprint density at radius 3 is 2.62 bits per heavy atom. The molecule has 3 amide bonds. The predicted octanol–water partition coefficient (Wildman–Crippen LogP) is 0.893. The van der Waals surface area contributed by atoms with E-state index in [0.717, 1.165) is 6.42 Å². The molecule has 0 saturated carbocycles. The minimum Gasteiger partial charge on any atom is -0.326 e. The Bertz CT molecular complexity index is 248. The molecule has 4 nitrogen and oxygen atoms in total. The van der Waals surface area contributed by atoms with Crippen molar-refractivity contribution in [3.63, 3.8) is 0 Å². The first-order valence-corrected chi connectivity index (χ1v) is 4.43. The minimum absolute atomic E-state index is 0.147. The number of carbonyl (C=O) groups excluding carboxylic acids is 2. The van der Waals surface area contributed by atoms with Gasteiger partial charge >= 0.3 is 6.03 Å². The van der Waals surface area contributed by atoms with Crippen molar-refractivity contribution in [1.29, 1.82) is 0 Å². The molecule has 1 N–H and O–H groups in total. The van der Waals surface area contributed by atoms with Gasteiger partial charge in [0, 0.05) is 6.54 Å². The molecular weight excluding hydrogens is 168 g/mol. The highest BCUT2D eigenvalue weighted by Crippen LogP contribution is 2.05. The van der Waals surface area contributed by atoms with E-state index in [-0.39, 0.29) is 18.0 Å². The highest BCUT2D eigenvalue weighted by Gasteiger charge is 2.33. The zero-order valence-corrected chi connectivity index (χ0v) is 7.91. The third kappa shape index (κ3) is 2.08. The lowest BCUT2D eigenvalue weighted by atomic mass is 10.3. The summed E-state index contributed by atoms with van der Waals surface area (Å²) in [7, 11) is 0. The van der Waals surface area contributed by atoms with Crippen molar-refractivity contribution in [2.24, 2.45) is 0 Å². The molecule has 0 radical (unpaired) electrons. The molecule has 13 heavy (non-hydrogen) atoms. The van der Waals surface area contributed by atoms with E-state index in [1.807, 2.05) is 19.1 Å². The van der Waals surface area contributed by atoms with E-state index >= 15 is 0 Å². The van der Waals surface area contributed by atoms with Gasteiger partial charge in [-0.15, -0.1) is 0 Å². The van der Waals surface area contributed by atoms with E-state index < -0.39 is 0 Å². The third-order valence-electron chi connectivity index (χ3n) is 1.91. The van der Waals surface area contributed by atoms with Crippen LogP contribution in [0.3, 0.4) is 0 Å². The Balaban J connectivity index is 2.54. The molecule has 1 atom stereocenters. The molecule has 0 spiro atoms. The molecule has 0 aromatic carbocycles. The first kappa shape index (κ1) is 9.77. The Morgan fingerprint density at radius 2 is 2.15 bits per heavy atom. The molecule has 1 fully saturated rings. The highest BCUT2D eigenvalue weighted by molar-refractivity contribution is 6.04. The Kier molecular flexibility index (Phi) is 3.06. The second kappa shape index (κ2) is 4.07. The first-order valence-electron chi connectivity index (χ1n) is 4.43. The molecule has 1 aliphatic heterocycles. The Morgan fingerprint density at radius 1 is 1.46 bits per heavy atom. The summed E-state index contributed by atoms with van der Waals surface area (Å²) in [5.41, 5.74) is 0. The number of allylic oxidation sites excluding steroid dienone is 1. The fourth-order valence-electron chi connectivity index (χ4n) is 1.18. The van der Waals surface area contributed by atoms with Crippen molar-refractivity contribution in [3.8, 4) is 0 Å². The second-order valence-electron chi connectivity index (χ2n) is 3.00. The largest absolute Gasteiger partial charge is 0.326 e. The summed E-state index contributed by atoms with van der Waals surface area (Å²) in [4.78, 5) is 23.7. The van der Waals surface area contributed by atoms with Crippen molar-refractivity contribution in [2.75, 3.05) is 6.54 Å². The Hall–Kier alpha value is -1.32. The van der Waals surface area contributed by atoms with Gasteiger partial charge in [-0.3, -0.25) is 9.69 Å². The van der Waals surface area contributed by atoms with Gasteiger partial charge in [-0.25, -0.2) is 4.79 Å². The molecule has 1 saturated heterocycles. The molecule has 0 aromatic heterocycles. The van der Waals surface area contributed by atoms with Crippen LogP contribution in [0.25, 0.3) is 0 Å². The van der Waals surface area contributed by atoms with Gasteiger partial charge in [-0.05, 0) is 13.3 Å². The maximum Gasteiger partial charge on any atom is 0.325 e. The van der Waals surface area contributed by atoms with E-state index in [0.29, 0.717) is 6.54 Å². The average molecular weight is 182 g/mol. The summed E-state index contributed by atoms with van der Waals surface area (Å²) in [6, 6.07) is -0.666. The number of imide groups is 1. The van der Waals surface area contributed by atoms with Crippen molar-refractivity contribution >= 4 is 11.9 Å². The molecule has 1 aliphatic rings. The lowest BCUT2D eigenvalue weighted by molar-refractivity contribution is -0.126. The van der Waals surface area contributed by atoms with Crippen LogP contribution in [0.5, 0.6) is 0 Å². The topological polar surface area (TPSA) is 49.4 Å². The molecule has 0 bridgehead atoms. The third-order valence-corrected chi connectivity index (χ3v) is 1.91. The maximum absolute atomic E-state index is 11.3. The van der Waals surface area contributed by atoms with E-state index in [1.54, 1.807) is 6.92 Å². The average Bonchev–Trinajstić information content (AvgIpc) is 2.32. The minimum atomic E-state index is -0.373. The summed E-state index contributed by atoms with van der Waals surface area (Å²) in [5, 5.41) is 2.55. The molecule has 1 rings (SSSR count). The van der Waals surface area contributed by atoms with Gasteiger partial charge in [0.05, 0.1) is 0 Å². The Labute approximate surface area is 77.6 Å². The fourth-order valence-corrected chi connectivity index (χ4v) is 1.18. The molecule has 1 heterocycles. The van der Waals surface area contributed by atoms with Crippen molar-refractivity contribution in [1.82, 2.24) is 10.2 Å². The van der Waals surface area contributed by atoms with Gasteiger partial charge in [0.2, 0.25) is 0 Å². The van der Waals surface area contributed by atoms with Crippen molar-refractivity contribution in [3.05, 3.63) is 12.2 Å². The van der Waals surface area contributed by atoms with Gasteiger partial charge in [0.1, 0.15) is 6.04 Å². The summed E-state index contributed by atoms with van der Waals surface area (Å²) < 4.78 is 0. The highest BCUT2D eigenvalue weighted by atomic mass is 16.2. The second-order valence-corrected chi connectivity index (χ2v) is 3.00. The summed E-state index contributed by atoms with van der Waals surface area (Å²) >= 11 is 0. The summed E-state index contributed by atoms with van der Waals surface area (Å²) in [6.45, 7) is 4.07. The number of carbonyl (C=O) groups is 2. The standard InChI is InChI=1S/C9H14N2O2/c1-3-4-5-6-11-8(12)7(2)10-9(11)13/h4-5,7H,3,6H2,1-2H3,(H,10,13). The number of urea groups is 1. The molecule has 0 aromatic rings. The van der Waals surface area contributed by atoms with Gasteiger partial charge < -0.3 is 5.32 Å². The van der Waals surface area contributed by atoms with Crippen molar-refractivity contribution in [2.45, 2.75) is 26.3 Å². The van der Waals surface area contributed by atoms with Crippen LogP contribution >= 0.6 is 0 Å². The number of hydrogen-bond acceptors (Lipinski definition) is 2. The summed E-state index contributed by atoms with van der Waals surface area (Å²) in [6.07, 6.45) is 4.68. The van der Waals surface area contributed by atoms with Crippen LogP contribution in [-0.4, -0.2) is 29.4 Å². The molecule has 4 heteroatoms. The van der Waals surface area contributed by atoms with Gasteiger partial charge in [0.25, 0.3) is 5.91 Å². The number of hydrogen-bond donors (Lipinski definition) is 1. The smallest absolute Gasteiger partial charge is 0.325 e. The van der Waals surface area contributed by atoms with Crippen LogP contribution in [-0.2, 0) is 4.79 Å². The van der Waals surface area contributed by atoms with Gasteiger partial charge in [0.15, 0.2) is 0 Å². The van der Waals surface area contributed by atoms with E-state index in [4.69, 9.17) is 0 Å². The van der Waals surface area contributed by atoms with E-state index in [9.17, 15) is 9.59 Å². The number of amides is 3. The van der Waals surface area contributed by atoms with E-state index in [1.165, 1.54) is 4.90 Å². The quantitative estimate of drug-likeness (QED) is 0.520. The van der Waals surface area contributed by atoms with Crippen LogP contribution in [0.15, 0.2) is 12.2 Å². The van der Waals surface area contributed by atoms with Gasteiger partial charge in [-0.2, -0.15) is 0 Å².